The lowest BCUT2D eigenvalue weighted by Gasteiger charge is -2.15. The Kier molecular flexibility index (Phi) is 9.50. The van der Waals surface area contributed by atoms with Crippen LogP contribution in [0, 0.1) is 5.92 Å². The number of pyridine rings is 1. The zero-order chi connectivity index (χ0) is 19.8. The molecule has 0 radical (unpaired) electrons. The van der Waals surface area contributed by atoms with E-state index < -0.39 is 0 Å². The largest absolute Gasteiger partial charge is 0.493 e. The molecule has 6 nitrogen and oxygen atoms in total. The van der Waals surface area contributed by atoms with Crippen LogP contribution >= 0.6 is 24.0 Å². The zero-order valence-corrected chi connectivity index (χ0v) is 19.7. The van der Waals surface area contributed by atoms with Crippen LogP contribution in [0.2, 0.25) is 0 Å². The van der Waals surface area contributed by atoms with Crippen molar-refractivity contribution >= 4 is 29.9 Å². The third-order valence-corrected chi connectivity index (χ3v) is 4.43. The molecule has 7 heteroatoms. The summed E-state index contributed by atoms with van der Waals surface area (Å²) in [6.07, 6.45) is 4.52. The van der Waals surface area contributed by atoms with Gasteiger partial charge in [-0.25, -0.2) is 4.98 Å². The standard InChI is InChI=1S/C22H30N4O2.HI/c1-16(2)28-21-11-10-18(12-24-21)13-25-22(23-3)26-14-19-6-4-5-7-20(19)27-15-17-8-9-17;/h4-7,10-12,16-17H,8-9,13-15H2,1-3H3,(H2,23,25,26);1H. The molecule has 1 aromatic heterocycles. The number of guanidine groups is 1. The summed E-state index contributed by atoms with van der Waals surface area (Å²) >= 11 is 0. The Balaban J connectivity index is 0.00000300. The fourth-order valence-corrected chi connectivity index (χ4v) is 2.69. The van der Waals surface area contributed by atoms with Gasteiger partial charge in [0.25, 0.3) is 0 Å². The highest BCUT2D eigenvalue weighted by Gasteiger charge is 2.22. The molecule has 0 bridgehead atoms. The lowest BCUT2D eigenvalue weighted by Crippen LogP contribution is -2.36. The Morgan fingerprint density at radius 1 is 1.14 bits per heavy atom. The van der Waals surface area contributed by atoms with E-state index in [4.69, 9.17) is 9.47 Å². The van der Waals surface area contributed by atoms with Crippen molar-refractivity contribution in [3.05, 3.63) is 53.7 Å². The van der Waals surface area contributed by atoms with Crippen molar-refractivity contribution < 1.29 is 9.47 Å². The molecule has 0 atom stereocenters. The van der Waals surface area contributed by atoms with E-state index in [9.17, 15) is 0 Å². The van der Waals surface area contributed by atoms with E-state index >= 15 is 0 Å². The molecule has 1 aliphatic rings. The highest BCUT2D eigenvalue weighted by atomic mass is 127. The van der Waals surface area contributed by atoms with Crippen LogP contribution in [0.1, 0.15) is 37.8 Å². The number of nitrogens with one attached hydrogen (secondary N) is 2. The molecule has 0 aliphatic heterocycles. The summed E-state index contributed by atoms with van der Waals surface area (Å²) in [5.41, 5.74) is 2.19. The fourth-order valence-electron chi connectivity index (χ4n) is 2.69. The topological polar surface area (TPSA) is 67.8 Å². The molecule has 1 heterocycles. The Bertz CT molecular complexity index is 777. The number of halogens is 1. The highest BCUT2D eigenvalue weighted by Crippen LogP contribution is 2.30. The maximum Gasteiger partial charge on any atom is 0.213 e. The minimum absolute atomic E-state index is 0. The number of aromatic nitrogens is 1. The van der Waals surface area contributed by atoms with Gasteiger partial charge in [-0.15, -0.1) is 24.0 Å². The maximum absolute atomic E-state index is 5.97. The minimum Gasteiger partial charge on any atom is -0.493 e. The number of hydrogen-bond donors (Lipinski definition) is 2. The number of aliphatic imine (C=N–C) groups is 1. The number of para-hydroxylation sites is 1. The van der Waals surface area contributed by atoms with Gasteiger partial charge in [-0.2, -0.15) is 0 Å². The summed E-state index contributed by atoms with van der Waals surface area (Å²) in [6.45, 7) is 6.08. The predicted octanol–water partition coefficient (Wildman–Crippen LogP) is 4.14. The number of hydrogen-bond acceptors (Lipinski definition) is 4. The summed E-state index contributed by atoms with van der Waals surface area (Å²) in [7, 11) is 1.77. The van der Waals surface area contributed by atoms with Crippen molar-refractivity contribution in [3.63, 3.8) is 0 Å². The van der Waals surface area contributed by atoms with E-state index in [-0.39, 0.29) is 30.1 Å². The van der Waals surface area contributed by atoms with Crippen molar-refractivity contribution in [3.8, 4) is 11.6 Å². The Labute approximate surface area is 190 Å². The van der Waals surface area contributed by atoms with Crippen molar-refractivity contribution in [1.29, 1.82) is 0 Å². The summed E-state index contributed by atoms with van der Waals surface area (Å²) in [5, 5.41) is 6.66. The number of rotatable bonds is 9. The molecule has 1 aliphatic carbocycles. The molecule has 0 unspecified atom stereocenters. The van der Waals surface area contributed by atoms with Gasteiger partial charge in [0.15, 0.2) is 5.96 Å². The first kappa shape index (κ1) is 23.3. The van der Waals surface area contributed by atoms with Gasteiger partial charge < -0.3 is 20.1 Å². The summed E-state index contributed by atoms with van der Waals surface area (Å²) in [4.78, 5) is 8.63. The molecule has 2 aromatic rings. The third-order valence-electron chi connectivity index (χ3n) is 4.43. The van der Waals surface area contributed by atoms with Gasteiger partial charge in [0, 0.05) is 38.0 Å². The first-order chi connectivity index (χ1) is 13.6. The zero-order valence-electron chi connectivity index (χ0n) is 17.4. The maximum atomic E-state index is 5.97. The molecular formula is C22H31IN4O2. The van der Waals surface area contributed by atoms with Crippen molar-refractivity contribution in [2.75, 3.05) is 13.7 Å². The fraction of sp³-hybridized carbons (Fsp3) is 0.455. The number of benzene rings is 1. The van der Waals surface area contributed by atoms with Gasteiger partial charge in [-0.1, -0.05) is 24.3 Å². The number of ether oxygens (including phenoxy) is 2. The molecule has 29 heavy (non-hydrogen) atoms. The summed E-state index contributed by atoms with van der Waals surface area (Å²) < 4.78 is 11.5. The minimum atomic E-state index is 0. The second kappa shape index (κ2) is 11.8. The van der Waals surface area contributed by atoms with Crippen LogP contribution in [-0.4, -0.2) is 30.7 Å². The highest BCUT2D eigenvalue weighted by molar-refractivity contribution is 14.0. The molecule has 1 fully saturated rings. The second-order valence-electron chi connectivity index (χ2n) is 7.31. The molecule has 0 amide bonds. The summed E-state index contributed by atoms with van der Waals surface area (Å²) in [5.74, 6) is 3.06. The van der Waals surface area contributed by atoms with E-state index in [0.717, 1.165) is 35.4 Å². The molecule has 3 rings (SSSR count). The second-order valence-corrected chi connectivity index (χ2v) is 7.31. The van der Waals surface area contributed by atoms with Crippen LogP contribution in [0.4, 0.5) is 0 Å². The molecule has 1 saturated carbocycles. The van der Waals surface area contributed by atoms with Gasteiger partial charge in [0.2, 0.25) is 5.88 Å². The van der Waals surface area contributed by atoms with Gasteiger partial charge in [0.05, 0.1) is 12.7 Å². The van der Waals surface area contributed by atoms with E-state index in [1.807, 2.05) is 50.4 Å². The smallest absolute Gasteiger partial charge is 0.213 e. The first-order valence-electron chi connectivity index (χ1n) is 9.91. The van der Waals surface area contributed by atoms with E-state index in [1.165, 1.54) is 12.8 Å². The van der Waals surface area contributed by atoms with Crippen molar-refractivity contribution in [2.24, 2.45) is 10.9 Å². The molecule has 0 spiro atoms. The monoisotopic (exact) mass is 510 g/mol. The van der Waals surface area contributed by atoms with Crippen LogP contribution in [0.3, 0.4) is 0 Å². The predicted molar refractivity (Wildman–Crippen MR) is 127 cm³/mol. The normalized spacial score (nSPS) is 13.6. The number of nitrogens with zero attached hydrogens (tertiary/aromatic N) is 2. The quantitative estimate of drug-likeness (QED) is 0.302. The van der Waals surface area contributed by atoms with Gasteiger partial charge >= 0.3 is 0 Å². The van der Waals surface area contributed by atoms with Crippen molar-refractivity contribution in [2.45, 2.75) is 45.9 Å². The lowest BCUT2D eigenvalue weighted by molar-refractivity contribution is 0.232. The SMILES string of the molecule is CN=C(NCc1ccc(OC(C)C)nc1)NCc1ccccc1OCC1CC1.I. The van der Waals surface area contributed by atoms with Gasteiger partial charge in [-0.05, 0) is 44.2 Å². The van der Waals surface area contributed by atoms with Gasteiger partial charge in [0.1, 0.15) is 5.75 Å². The third kappa shape index (κ3) is 8.08. The van der Waals surface area contributed by atoms with E-state index in [1.54, 1.807) is 7.05 Å². The van der Waals surface area contributed by atoms with Crippen LogP contribution in [-0.2, 0) is 13.1 Å². The molecule has 0 saturated heterocycles. The Hall–Kier alpha value is -2.03. The molecular weight excluding hydrogens is 479 g/mol. The molecule has 158 valence electrons. The molecule has 1 aromatic carbocycles. The molecule has 2 N–H and O–H groups in total. The van der Waals surface area contributed by atoms with Crippen molar-refractivity contribution in [1.82, 2.24) is 15.6 Å². The van der Waals surface area contributed by atoms with Gasteiger partial charge in [-0.3, -0.25) is 4.99 Å². The first-order valence-corrected chi connectivity index (χ1v) is 9.91. The summed E-state index contributed by atoms with van der Waals surface area (Å²) in [6, 6.07) is 12.1. The van der Waals surface area contributed by atoms with Crippen LogP contribution in [0.15, 0.2) is 47.6 Å². The van der Waals surface area contributed by atoms with E-state index in [2.05, 4.69) is 26.7 Å². The average molecular weight is 510 g/mol. The lowest BCUT2D eigenvalue weighted by atomic mass is 10.2. The van der Waals surface area contributed by atoms with Crippen LogP contribution in [0.25, 0.3) is 0 Å². The average Bonchev–Trinajstić information content (AvgIpc) is 3.52. The van der Waals surface area contributed by atoms with Crippen LogP contribution < -0.4 is 20.1 Å². The Morgan fingerprint density at radius 3 is 2.55 bits per heavy atom. The Morgan fingerprint density at radius 2 is 1.90 bits per heavy atom. The van der Waals surface area contributed by atoms with Crippen LogP contribution in [0.5, 0.6) is 11.6 Å². The van der Waals surface area contributed by atoms with E-state index in [0.29, 0.717) is 19.0 Å².